The van der Waals surface area contributed by atoms with Crippen LogP contribution in [0, 0.1) is 10.1 Å². The Morgan fingerprint density at radius 1 is 0.783 bits per heavy atom. The highest BCUT2D eigenvalue weighted by Crippen LogP contribution is 2.36. The van der Waals surface area contributed by atoms with Crippen LogP contribution in [0.5, 0.6) is 0 Å². The molecule has 4 nitrogen and oxygen atoms in total. The van der Waals surface area contributed by atoms with Gasteiger partial charge < -0.3 is 0 Å². The molecule has 0 unspecified atom stereocenters. The van der Waals surface area contributed by atoms with Crippen LogP contribution in [0.15, 0.2) is 72.8 Å². The number of aromatic nitrogens is 1. The number of para-hydroxylation sites is 1. The van der Waals surface area contributed by atoms with E-state index < -0.39 is 0 Å². The first-order chi connectivity index (χ1) is 11.2. The fourth-order valence-corrected chi connectivity index (χ4v) is 2.91. The van der Waals surface area contributed by atoms with Crippen LogP contribution in [-0.4, -0.2) is 9.91 Å². The van der Waals surface area contributed by atoms with E-state index in [0.29, 0.717) is 0 Å². The maximum absolute atomic E-state index is 11.1. The largest absolute Gasteiger partial charge is 0.270 e. The number of hydrogen-bond donors (Lipinski definition) is 0. The van der Waals surface area contributed by atoms with E-state index in [-0.39, 0.29) is 10.6 Å². The molecule has 4 rings (SSSR count). The van der Waals surface area contributed by atoms with E-state index in [1.807, 2.05) is 54.6 Å². The Kier molecular flexibility index (Phi) is 3.01. The molecule has 0 amide bonds. The van der Waals surface area contributed by atoms with Crippen molar-refractivity contribution < 1.29 is 4.92 Å². The predicted octanol–water partition coefficient (Wildman–Crippen LogP) is 4.96. The van der Waals surface area contributed by atoms with Gasteiger partial charge in [-0.3, -0.25) is 10.1 Å². The van der Waals surface area contributed by atoms with Gasteiger partial charge in [0.1, 0.15) is 0 Å². The number of rotatable bonds is 2. The van der Waals surface area contributed by atoms with Crippen molar-refractivity contribution in [2.75, 3.05) is 0 Å². The predicted molar refractivity (Wildman–Crippen MR) is 91.3 cm³/mol. The summed E-state index contributed by atoms with van der Waals surface area (Å²) in [4.78, 5) is 15.4. The number of fused-ring (bicyclic) bond motifs is 2. The lowest BCUT2D eigenvalue weighted by Crippen LogP contribution is -1.92. The highest BCUT2D eigenvalue weighted by Gasteiger charge is 2.14. The van der Waals surface area contributed by atoms with Crippen LogP contribution in [0.1, 0.15) is 0 Å². The summed E-state index contributed by atoms with van der Waals surface area (Å²) < 4.78 is 0. The number of benzene rings is 3. The first-order valence-corrected chi connectivity index (χ1v) is 7.26. The van der Waals surface area contributed by atoms with Gasteiger partial charge in [0.05, 0.1) is 16.0 Å². The molecule has 0 bridgehead atoms. The van der Waals surface area contributed by atoms with Crippen LogP contribution in [-0.2, 0) is 0 Å². The zero-order chi connectivity index (χ0) is 15.8. The summed E-state index contributed by atoms with van der Waals surface area (Å²) in [6.07, 6.45) is 0. The SMILES string of the molecule is O=[N+]([O-])c1ccc2nc3ccccc3c(-c3ccccc3)c2c1. The van der Waals surface area contributed by atoms with Crippen molar-refractivity contribution in [1.82, 2.24) is 4.98 Å². The van der Waals surface area contributed by atoms with Crippen molar-refractivity contribution in [3.63, 3.8) is 0 Å². The van der Waals surface area contributed by atoms with Gasteiger partial charge in [0.2, 0.25) is 0 Å². The number of hydrogen-bond acceptors (Lipinski definition) is 3. The van der Waals surface area contributed by atoms with Crippen LogP contribution in [0.2, 0.25) is 0 Å². The molecule has 0 saturated heterocycles. The van der Waals surface area contributed by atoms with Gasteiger partial charge in [-0.2, -0.15) is 0 Å². The van der Waals surface area contributed by atoms with E-state index in [0.717, 1.165) is 32.9 Å². The van der Waals surface area contributed by atoms with Crippen molar-refractivity contribution in [2.24, 2.45) is 0 Å². The Labute approximate surface area is 132 Å². The van der Waals surface area contributed by atoms with E-state index >= 15 is 0 Å². The van der Waals surface area contributed by atoms with Crippen molar-refractivity contribution in [1.29, 1.82) is 0 Å². The van der Waals surface area contributed by atoms with E-state index in [9.17, 15) is 10.1 Å². The smallest absolute Gasteiger partial charge is 0.258 e. The van der Waals surface area contributed by atoms with E-state index in [2.05, 4.69) is 4.98 Å². The van der Waals surface area contributed by atoms with Crippen LogP contribution in [0.3, 0.4) is 0 Å². The molecule has 3 aromatic carbocycles. The van der Waals surface area contributed by atoms with Gasteiger partial charge in [0, 0.05) is 28.5 Å². The number of pyridine rings is 1. The zero-order valence-electron chi connectivity index (χ0n) is 12.1. The van der Waals surface area contributed by atoms with Gasteiger partial charge >= 0.3 is 0 Å². The van der Waals surface area contributed by atoms with Crippen LogP contribution < -0.4 is 0 Å². The third-order valence-electron chi connectivity index (χ3n) is 3.94. The summed E-state index contributed by atoms with van der Waals surface area (Å²) in [6, 6.07) is 22.6. The van der Waals surface area contributed by atoms with Crippen LogP contribution >= 0.6 is 0 Å². The first-order valence-electron chi connectivity index (χ1n) is 7.26. The van der Waals surface area contributed by atoms with Gasteiger partial charge in [-0.15, -0.1) is 0 Å². The zero-order valence-corrected chi connectivity index (χ0v) is 12.1. The molecular formula is C19H12N2O2. The second-order valence-corrected chi connectivity index (χ2v) is 5.33. The van der Waals surface area contributed by atoms with Crippen LogP contribution in [0.25, 0.3) is 32.9 Å². The number of non-ortho nitro benzene ring substituents is 1. The Morgan fingerprint density at radius 3 is 2.26 bits per heavy atom. The fourth-order valence-electron chi connectivity index (χ4n) is 2.91. The standard InChI is InChI=1S/C19H12N2O2/c22-21(23)14-10-11-18-16(12-14)19(13-6-2-1-3-7-13)15-8-4-5-9-17(15)20-18/h1-12H. The lowest BCUT2D eigenvalue weighted by atomic mass is 9.96. The third-order valence-corrected chi connectivity index (χ3v) is 3.94. The summed E-state index contributed by atoms with van der Waals surface area (Å²) in [7, 11) is 0. The molecule has 23 heavy (non-hydrogen) atoms. The summed E-state index contributed by atoms with van der Waals surface area (Å²) >= 11 is 0. The molecule has 0 atom stereocenters. The lowest BCUT2D eigenvalue weighted by Gasteiger charge is -2.11. The quantitative estimate of drug-likeness (QED) is 0.298. The molecule has 0 spiro atoms. The lowest BCUT2D eigenvalue weighted by molar-refractivity contribution is -0.384. The van der Waals surface area contributed by atoms with Crippen molar-refractivity contribution in [3.05, 3.63) is 82.9 Å². The third kappa shape index (κ3) is 2.21. The molecule has 0 aliphatic rings. The average molecular weight is 300 g/mol. The second kappa shape index (κ2) is 5.18. The topological polar surface area (TPSA) is 56.0 Å². The fraction of sp³-hybridized carbons (Fsp3) is 0. The highest BCUT2D eigenvalue weighted by molar-refractivity contribution is 6.09. The normalized spacial score (nSPS) is 11.0. The Balaban J connectivity index is 2.20. The number of nitro groups is 1. The molecule has 0 saturated carbocycles. The molecule has 4 heteroatoms. The Hall–Kier alpha value is -3.27. The first kappa shape index (κ1) is 13.4. The molecule has 0 radical (unpaired) electrons. The molecular weight excluding hydrogens is 288 g/mol. The molecule has 0 fully saturated rings. The molecule has 4 aromatic rings. The minimum absolute atomic E-state index is 0.0757. The van der Waals surface area contributed by atoms with Gasteiger partial charge in [-0.05, 0) is 17.7 Å². The minimum Gasteiger partial charge on any atom is -0.258 e. The van der Waals surface area contributed by atoms with Gasteiger partial charge in [-0.1, -0.05) is 48.5 Å². The van der Waals surface area contributed by atoms with E-state index in [1.54, 1.807) is 12.1 Å². The van der Waals surface area contributed by atoms with Gasteiger partial charge in [0.15, 0.2) is 0 Å². The molecule has 1 heterocycles. The molecule has 0 aliphatic carbocycles. The second-order valence-electron chi connectivity index (χ2n) is 5.33. The number of nitro benzene ring substituents is 1. The van der Waals surface area contributed by atoms with Crippen molar-refractivity contribution in [2.45, 2.75) is 0 Å². The molecule has 0 aliphatic heterocycles. The van der Waals surface area contributed by atoms with Crippen LogP contribution in [0.4, 0.5) is 5.69 Å². The van der Waals surface area contributed by atoms with Gasteiger partial charge in [-0.25, -0.2) is 4.98 Å². The van der Waals surface area contributed by atoms with Crippen molar-refractivity contribution in [3.8, 4) is 11.1 Å². The maximum Gasteiger partial charge on any atom is 0.270 e. The molecule has 0 N–H and O–H groups in total. The summed E-state index contributed by atoms with van der Waals surface area (Å²) in [5.74, 6) is 0. The van der Waals surface area contributed by atoms with E-state index in [1.165, 1.54) is 6.07 Å². The average Bonchev–Trinajstić information content (AvgIpc) is 2.59. The van der Waals surface area contributed by atoms with Crippen molar-refractivity contribution >= 4 is 27.5 Å². The minimum atomic E-state index is -0.372. The summed E-state index contributed by atoms with van der Waals surface area (Å²) in [5, 5.41) is 12.9. The Morgan fingerprint density at radius 2 is 1.48 bits per heavy atom. The Bertz CT molecular complexity index is 1040. The number of nitrogens with zero attached hydrogens (tertiary/aromatic N) is 2. The molecule has 110 valence electrons. The summed E-state index contributed by atoms with van der Waals surface area (Å²) in [6.45, 7) is 0. The monoisotopic (exact) mass is 300 g/mol. The summed E-state index contributed by atoms with van der Waals surface area (Å²) in [5.41, 5.74) is 3.72. The van der Waals surface area contributed by atoms with E-state index in [4.69, 9.17) is 0 Å². The highest BCUT2D eigenvalue weighted by atomic mass is 16.6. The maximum atomic E-state index is 11.1. The molecule has 1 aromatic heterocycles. The van der Waals surface area contributed by atoms with Gasteiger partial charge in [0.25, 0.3) is 5.69 Å².